The molecular weight excluding hydrogens is 273 g/mol. The van der Waals surface area contributed by atoms with Crippen molar-refractivity contribution in [1.82, 2.24) is 15.5 Å². The first-order valence-corrected chi connectivity index (χ1v) is 6.83. The number of aromatic nitrogens is 2. The zero-order valence-corrected chi connectivity index (χ0v) is 11.6. The molecule has 96 valence electrons. The van der Waals surface area contributed by atoms with Crippen LogP contribution >= 0.6 is 22.9 Å². The van der Waals surface area contributed by atoms with Crippen LogP contribution in [0.15, 0.2) is 18.2 Å². The summed E-state index contributed by atoms with van der Waals surface area (Å²) >= 11 is 7.10. The van der Waals surface area contributed by atoms with E-state index >= 15 is 0 Å². The molecule has 0 saturated heterocycles. The number of nitrogens with zero attached hydrogens (tertiary/aromatic N) is 2. The summed E-state index contributed by atoms with van der Waals surface area (Å²) in [5, 5.41) is 13.2. The van der Waals surface area contributed by atoms with Gasteiger partial charge in [-0.05, 0) is 25.6 Å². The number of rotatable bonds is 4. The largest absolute Gasteiger partial charge is 0.308 e. The standard InChI is InChI=1S/C12H13ClFN3S/c1-3-15-7(2)11-16-17-12(18-11)8-4-5-9(13)10(14)6-8/h4-7,15H,3H2,1-2H3. The molecule has 0 bridgehead atoms. The van der Waals surface area contributed by atoms with Crippen LogP contribution in [0.5, 0.6) is 0 Å². The Bertz CT molecular complexity index is 544. The molecule has 2 rings (SSSR count). The number of hydrogen-bond donors (Lipinski definition) is 1. The van der Waals surface area contributed by atoms with Gasteiger partial charge in [0.25, 0.3) is 0 Å². The van der Waals surface area contributed by atoms with Gasteiger partial charge in [0.15, 0.2) is 0 Å². The Morgan fingerprint density at radius 3 is 2.89 bits per heavy atom. The predicted molar refractivity (Wildman–Crippen MR) is 72.4 cm³/mol. The lowest BCUT2D eigenvalue weighted by Gasteiger charge is -2.06. The van der Waals surface area contributed by atoms with E-state index in [4.69, 9.17) is 11.6 Å². The maximum Gasteiger partial charge on any atom is 0.147 e. The number of nitrogens with one attached hydrogen (secondary N) is 1. The average molecular weight is 286 g/mol. The Balaban J connectivity index is 2.26. The van der Waals surface area contributed by atoms with Gasteiger partial charge in [-0.15, -0.1) is 10.2 Å². The van der Waals surface area contributed by atoms with Crippen LogP contribution in [0.1, 0.15) is 24.9 Å². The summed E-state index contributed by atoms with van der Waals surface area (Å²) in [6.07, 6.45) is 0. The van der Waals surface area contributed by atoms with Gasteiger partial charge in [0.2, 0.25) is 0 Å². The maximum atomic E-state index is 13.4. The Labute approximate surface area is 114 Å². The number of benzene rings is 1. The first-order chi connectivity index (χ1) is 8.61. The van der Waals surface area contributed by atoms with Crippen LogP contribution in [0.4, 0.5) is 4.39 Å². The van der Waals surface area contributed by atoms with Gasteiger partial charge < -0.3 is 5.32 Å². The van der Waals surface area contributed by atoms with E-state index in [2.05, 4.69) is 15.5 Å². The molecule has 6 heteroatoms. The molecule has 18 heavy (non-hydrogen) atoms. The zero-order chi connectivity index (χ0) is 13.1. The van der Waals surface area contributed by atoms with Crippen LogP contribution in [0, 0.1) is 5.82 Å². The quantitative estimate of drug-likeness (QED) is 0.931. The van der Waals surface area contributed by atoms with Crippen LogP contribution in [0.25, 0.3) is 10.6 Å². The normalized spacial score (nSPS) is 12.7. The van der Waals surface area contributed by atoms with Crippen molar-refractivity contribution in [1.29, 1.82) is 0 Å². The van der Waals surface area contributed by atoms with Gasteiger partial charge in [-0.1, -0.05) is 35.9 Å². The molecule has 0 saturated carbocycles. The van der Waals surface area contributed by atoms with Crippen LogP contribution in [0.2, 0.25) is 5.02 Å². The Kier molecular flexibility index (Phi) is 4.27. The highest BCUT2D eigenvalue weighted by Crippen LogP contribution is 2.28. The van der Waals surface area contributed by atoms with Gasteiger partial charge in [-0.25, -0.2) is 4.39 Å². The van der Waals surface area contributed by atoms with Crippen molar-refractivity contribution in [3.63, 3.8) is 0 Å². The van der Waals surface area contributed by atoms with Crippen LogP contribution in [0.3, 0.4) is 0 Å². The highest BCUT2D eigenvalue weighted by atomic mass is 35.5. The van der Waals surface area contributed by atoms with E-state index in [-0.39, 0.29) is 11.1 Å². The fourth-order valence-corrected chi connectivity index (χ4v) is 2.53. The van der Waals surface area contributed by atoms with E-state index < -0.39 is 5.82 Å². The maximum absolute atomic E-state index is 13.4. The highest BCUT2D eigenvalue weighted by molar-refractivity contribution is 7.14. The van der Waals surface area contributed by atoms with Crippen molar-refractivity contribution in [3.8, 4) is 10.6 Å². The Morgan fingerprint density at radius 2 is 2.22 bits per heavy atom. The molecule has 0 spiro atoms. The molecule has 0 amide bonds. The molecule has 0 radical (unpaired) electrons. The van der Waals surface area contributed by atoms with Gasteiger partial charge in [0.05, 0.1) is 11.1 Å². The van der Waals surface area contributed by atoms with Gasteiger partial charge >= 0.3 is 0 Å². The van der Waals surface area contributed by atoms with Gasteiger partial charge in [0.1, 0.15) is 15.8 Å². The fourth-order valence-electron chi connectivity index (χ4n) is 1.55. The Hall–Kier alpha value is -1.04. The molecule has 1 heterocycles. The topological polar surface area (TPSA) is 37.8 Å². The molecule has 1 atom stereocenters. The lowest BCUT2D eigenvalue weighted by Crippen LogP contribution is -2.17. The van der Waals surface area contributed by atoms with Crippen molar-refractivity contribution >= 4 is 22.9 Å². The molecule has 0 aliphatic heterocycles. The minimum absolute atomic E-state index is 0.115. The predicted octanol–water partition coefficient (Wildman–Crippen LogP) is 3.67. The number of halogens is 2. The molecule has 1 aromatic carbocycles. The summed E-state index contributed by atoms with van der Waals surface area (Å²) in [7, 11) is 0. The first-order valence-electron chi connectivity index (χ1n) is 5.64. The third-order valence-corrected chi connectivity index (χ3v) is 3.95. The van der Waals surface area contributed by atoms with E-state index in [1.165, 1.54) is 23.5 Å². The van der Waals surface area contributed by atoms with Crippen LogP contribution in [-0.4, -0.2) is 16.7 Å². The van der Waals surface area contributed by atoms with Crippen molar-refractivity contribution in [2.24, 2.45) is 0 Å². The molecule has 0 aliphatic carbocycles. The van der Waals surface area contributed by atoms with E-state index in [1.807, 2.05) is 13.8 Å². The number of hydrogen-bond acceptors (Lipinski definition) is 4. The van der Waals surface area contributed by atoms with E-state index in [1.54, 1.807) is 6.07 Å². The first kappa shape index (κ1) is 13.4. The second-order valence-electron chi connectivity index (χ2n) is 3.85. The summed E-state index contributed by atoms with van der Waals surface area (Å²) in [6, 6.07) is 4.80. The van der Waals surface area contributed by atoms with Crippen LogP contribution < -0.4 is 5.32 Å². The lowest BCUT2D eigenvalue weighted by molar-refractivity contribution is 0.590. The monoisotopic (exact) mass is 285 g/mol. The van der Waals surface area contributed by atoms with Crippen molar-refractivity contribution in [2.45, 2.75) is 19.9 Å². The molecule has 1 aromatic heterocycles. The van der Waals surface area contributed by atoms with Gasteiger partial charge in [-0.2, -0.15) is 0 Å². The smallest absolute Gasteiger partial charge is 0.147 e. The molecule has 2 aromatic rings. The second-order valence-corrected chi connectivity index (χ2v) is 5.27. The highest BCUT2D eigenvalue weighted by Gasteiger charge is 2.13. The molecule has 1 N–H and O–H groups in total. The van der Waals surface area contributed by atoms with Crippen molar-refractivity contribution in [2.75, 3.05) is 6.54 Å². The van der Waals surface area contributed by atoms with E-state index in [0.29, 0.717) is 10.6 Å². The zero-order valence-electron chi connectivity index (χ0n) is 10.1. The molecule has 0 aliphatic rings. The van der Waals surface area contributed by atoms with Crippen molar-refractivity contribution < 1.29 is 4.39 Å². The SMILES string of the molecule is CCNC(C)c1nnc(-c2ccc(Cl)c(F)c2)s1. The van der Waals surface area contributed by atoms with Gasteiger partial charge in [0, 0.05) is 5.56 Å². The third kappa shape index (κ3) is 2.85. The van der Waals surface area contributed by atoms with E-state index in [9.17, 15) is 4.39 Å². The average Bonchev–Trinajstić information content (AvgIpc) is 2.82. The Morgan fingerprint density at radius 1 is 1.44 bits per heavy atom. The van der Waals surface area contributed by atoms with E-state index in [0.717, 1.165) is 11.6 Å². The molecule has 1 unspecified atom stereocenters. The lowest BCUT2D eigenvalue weighted by atomic mass is 10.2. The summed E-state index contributed by atoms with van der Waals surface area (Å²) in [6.45, 7) is 4.93. The summed E-state index contributed by atoms with van der Waals surface area (Å²) in [5.41, 5.74) is 0.698. The van der Waals surface area contributed by atoms with Gasteiger partial charge in [-0.3, -0.25) is 0 Å². The van der Waals surface area contributed by atoms with Crippen LogP contribution in [-0.2, 0) is 0 Å². The molecular formula is C12H13ClFN3S. The molecule has 0 fully saturated rings. The third-order valence-electron chi connectivity index (χ3n) is 2.49. The minimum Gasteiger partial charge on any atom is -0.308 e. The summed E-state index contributed by atoms with van der Waals surface area (Å²) in [5.74, 6) is -0.439. The minimum atomic E-state index is -0.439. The molecule has 3 nitrogen and oxygen atoms in total. The van der Waals surface area contributed by atoms with Crippen molar-refractivity contribution in [3.05, 3.63) is 34.0 Å². The fraction of sp³-hybridized carbons (Fsp3) is 0.333. The second kappa shape index (κ2) is 5.73. The summed E-state index contributed by atoms with van der Waals surface area (Å²) in [4.78, 5) is 0. The summed E-state index contributed by atoms with van der Waals surface area (Å²) < 4.78 is 13.4.